The summed E-state index contributed by atoms with van der Waals surface area (Å²) in [5.74, 6) is 1.68. The molecule has 0 bridgehead atoms. The van der Waals surface area contributed by atoms with E-state index >= 15 is 0 Å². The first-order valence-electron chi connectivity index (χ1n) is 7.98. The quantitative estimate of drug-likeness (QED) is 0.613. The molecule has 0 amide bonds. The molecule has 0 atom stereocenters. The molecule has 0 unspecified atom stereocenters. The van der Waals surface area contributed by atoms with E-state index in [1.807, 2.05) is 31.3 Å². The van der Waals surface area contributed by atoms with Crippen LogP contribution in [-0.4, -0.2) is 57.4 Å². The summed E-state index contributed by atoms with van der Waals surface area (Å²) < 4.78 is 11.0. The van der Waals surface area contributed by atoms with E-state index in [0.717, 1.165) is 44.6 Å². The lowest BCUT2D eigenvalue weighted by molar-refractivity contribution is -0.0945. The van der Waals surface area contributed by atoms with Crippen molar-refractivity contribution in [3.05, 3.63) is 29.3 Å². The fourth-order valence-corrected chi connectivity index (χ4v) is 2.42. The monoisotopic (exact) mass is 339 g/mol. The minimum absolute atomic E-state index is 0.179. The number of hydrogen-bond donors (Lipinski definition) is 1. The molecule has 23 heavy (non-hydrogen) atoms. The smallest absolute Gasteiger partial charge is 0.193 e. The van der Waals surface area contributed by atoms with Gasteiger partial charge in [-0.05, 0) is 25.1 Å². The predicted molar refractivity (Wildman–Crippen MR) is 94.5 cm³/mol. The van der Waals surface area contributed by atoms with E-state index in [1.165, 1.54) is 0 Å². The van der Waals surface area contributed by atoms with Crippen LogP contribution in [0.2, 0.25) is 5.02 Å². The Morgan fingerprint density at radius 3 is 2.87 bits per heavy atom. The summed E-state index contributed by atoms with van der Waals surface area (Å²) in [6, 6.07) is 7.44. The van der Waals surface area contributed by atoms with Crippen molar-refractivity contribution in [2.24, 2.45) is 10.4 Å². The second-order valence-electron chi connectivity index (χ2n) is 6.20. The number of benzene rings is 1. The summed E-state index contributed by atoms with van der Waals surface area (Å²) in [7, 11) is 2.02. The fraction of sp³-hybridized carbons (Fsp3) is 0.588. The maximum atomic E-state index is 5.95. The zero-order valence-electron chi connectivity index (χ0n) is 14.1. The van der Waals surface area contributed by atoms with Crippen LogP contribution in [0.15, 0.2) is 29.3 Å². The number of ether oxygens (including phenoxy) is 2. The van der Waals surface area contributed by atoms with Crippen molar-refractivity contribution in [2.75, 3.05) is 46.5 Å². The van der Waals surface area contributed by atoms with E-state index in [2.05, 4.69) is 24.1 Å². The van der Waals surface area contributed by atoms with Crippen LogP contribution < -0.4 is 10.1 Å². The standard InChI is InChI=1S/C17H26ClN3O2/c1-4-19-16(20-11-17(2)12-22-13-17)21(3)8-9-23-15-7-5-6-14(18)10-15/h5-7,10H,4,8-9,11-13H2,1-3H3,(H,19,20). The Morgan fingerprint density at radius 2 is 2.26 bits per heavy atom. The Kier molecular flexibility index (Phi) is 6.54. The molecule has 1 fully saturated rings. The first-order chi connectivity index (χ1) is 11.0. The molecule has 1 saturated heterocycles. The normalized spacial score (nSPS) is 16.6. The van der Waals surface area contributed by atoms with Crippen molar-refractivity contribution in [3.8, 4) is 5.75 Å². The molecule has 1 N–H and O–H groups in total. The number of nitrogens with one attached hydrogen (secondary N) is 1. The predicted octanol–water partition coefficient (Wildman–Crippen LogP) is 2.65. The van der Waals surface area contributed by atoms with E-state index in [1.54, 1.807) is 0 Å². The molecule has 128 valence electrons. The van der Waals surface area contributed by atoms with Gasteiger partial charge in [-0.3, -0.25) is 4.99 Å². The van der Waals surface area contributed by atoms with Crippen molar-refractivity contribution in [1.29, 1.82) is 0 Å². The molecule has 0 radical (unpaired) electrons. The zero-order valence-corrected chi connectivity index (χ0v) is 14.9. The van der Waals surface area contributed by atoms with E-state index in [4.69, 9.17) is 26.1 Å². The Labute approximate surface area is 143 Å². The van der Waals surface area contributed by atoms with Crippen molar-refractivity contribution in [2.45, 2.75) is 13.8 Å². The minimum atomic E-state index is 0.179. The van der Waals surface area contributed by atoms with Crippen LogP contribution in [0.3, 0.4) is 0 Å². The second-order valence-corrected chi connectivity index (χ2v) is 6.64. The number of nitrogens with zero attached hydrogens (tertiary/aromatic N) is 2. The summed E-state index contributed by atoms with van der Waals surface area (Å²) >= 11 is 5.95. The number of likely N-dealkylation sites (N-methyl/N-ethyl adjacent to an activating group) is 1. The van der Waals surface area contributed by atoms with Gasteiger partial charge in [-0.15, -0.1) is 0 Å². The summed E-state index contributed by atoms with van der Waals surface area (Å²) in [6.45, 7) is 8.77. The first-order valence-corrected chi connectivity index (χ1v) is 8.36. The number of rotatable bonds is 7. The van der Waals surface area contributed by atoms with Crippen LogP contribution >= 0.6 is 11.6 Å². The molecule has 0 aliphatic carbocycles. The number of halogens is 1. The van der Waals surface area contributed by atoms with Crippen LogP contribution in [0, 0.1) is 5.41 Å². The average molecular weight is 340 g/mol. The third kappa shape index (κ3) is 5.59. The Balaban J connectivity index is 1.82. The third-order valence-electron chi connectivity index (χ3n) is 3.70. The molecule has 0 aromatic heterocycles. The molecule has 0 saturated carbocycles. The number of aliphatic imine (C=N–C) groups is 1. The highest BCUT2D eigenvalue weighted by molar-refractivity contribution is 6.30. The fourth-order valence-electron chi connectivity index (χ4n) is 2.24. The van der Waals surface area contributed by atoms with Gasteiger partial charge < -0.3 is 19.7 Å². The highest BCUT2D eigenvalue weighted by Crippen LogP contribution is 2.26. The molecule has 1 aliphatic heterocycles. The van der Waals surface area contributed by atoms with Crippen molar-refractivity contribution >= 4 is 17.6 Å². The molecular formula is C17H26ClN3O2. The van der Waals surface area contributed by atoms with Crippen LogP contribution in [0.25, 0.3) is 0 Å². The van der Waals surface area contributed by atoms with Crippen molar-refractivity contribution < 1.29 is 9.47 Å². The molecular weight excluding hydrogens is 314 g/mol. The van der Waals surface area contributed by atoms with Crippen molar-refractivity contribution in [1.82, 2.24) is 10.2 Å². The lowest BCUT2D eigenvalue weighted by Crippen LogP contribution is -2.45. The van der Waals surface area contributed by atoms with Gasteiger partial charge in [0, 0.05) is 24.0 Å². The first kappa shape index (κ1) is 17.9. The van der Waals surface area contributed by atoms with Crippen LogP contribution in [-0.2, 0) is 4.74 Å². The minimum Gasteiger partial charge on any atom is -0.492 e. The Bertz CT molecular complexity index is 532. The van der Waals surface area contributed by atoms with E-state index in [0.29, 0.717) is 11.6 Å². The molecule has 1 aromatic rings. The highest BCUT2D eigenvalue weighted by Gasteiger charge is 2.33. The molecule has 1 aromatic carbocycles. The molecule has 2 rings (SSSR count). The molecule has 6 heteroatoms. The maximum absolute atomic E-state index is 5.95. The van der Waals surface area contributed by atoms with Crippen LogP contribution in [0.1, 0.15) is 13.8 Å². The van der Waals surface area contributed by atoms with Gasteiger partial charge in [0.25, 0.3) is 0 Å². The summed E-state index contributed by atoms with van der Waals surface area (Å²) in [4.78, 5) is 6.80. The largest absolute Gasteiger partial charge is 0.492 e. The van der Waals surface area contributed by atoms with Gasteiger partial charge >= 0.3 is 0 Å². The lowest BCUT2D eigenvalue weighted by Gasteiger charge is -2.37. The summed E-state index contributed by atoms with van der Waals surface area (Å²) in [6.07, 6.45) is 0. The summed E-state index contributed by atoms with van der Waals surface area (Å²) in [5, 5.41) is 4.00. The molecule has 0 spiro atoms. The molecule has 1 heterocycles. The Morgan fingerprint density at radius 1 is 1.48 bits per heavy atom. The van der Waals surface area contributed by atoms with Gasteiger partial charge in [-0.1, -0.05) is 24.6 Å². The summed E-state index contributed by atoms with van der Waals surface area (Å²) in [5.41, 5.74) is 0.179. The highest BCUT2D eigenvalue weighted by atomic mass is 35.5. The average Bonchev–Trinajstić information content (AvgIpc) is 2.49. The Hall–Kier alpha value is -1.46. The zero-order chi connectivity index (χ0) is 16.7. The van der Waals surface area contributed by atoms with Gasteiger partial charge in [0.15, 0.2) is 5.96 Å². The van der Waals surface area contributed by atoms with Gasteiger partial charge in [-0.2, -0.15) is 0 Å². The van der Waals surface area contributed by atoms with E-state index < -0.39 is 0 Å². The van der Waals surface area contributed by atoms with Gasteiger partial charge in [0.05, 0.1) is 26.3 Å². The van der Waals surface area contributed by atoms with Gasteiger partial charge in [0.1, 0.15) is 12.4 Å². The third-order valence-corrected chi connectivity index (χ3v) is 3.93. The SMILES string of the molecule is CCNC(=NCC1(C)COC1)N(C)CCOc1cccc(Cl)c1. The van der Waals surface area contributed by atoms with E-state index in [-0.39, 0.29) is 5.41 Å². The topological polar surface area (TPSA) is 46.1 Å². The number of hydrogen-bond acceptors (Lipinski definition) is 3. The molecule has 1 aliphatic rings. The second kappa shape index (κ2) is 8.41. The molecule has 5 nitrogen and oxygen atoms in total. The van der Waals surface area contributed by atoms with Gasteiger partial charge in [0.2, 0.25) is 0 Å². The van der Waals surface area contributed by atoms with Crippen LogP contribution in [0.5, 0.6) is 5.75 Å². The van der Waals surface area contributed by atoms with Crippen LogP contribution in [0.4, 0.5) is 0 Å². The maximum Gasteiger partial charge on any atom is 0.193 e. The van der Waals surface area contributed by atoms with E-state index in [9.17, 15) is 0 Å². The number of guanidine groups is 1. The van der Waals surface area contributed by atoms with Crippen molar-refractivity contribution in [3.63, 3.8) is 0 Å². The van der Waals surface area contributed by atoms with Gasteiger partial charge in [-0.25, -0.2) is 0 Å². The lowest BCUT2D eigenvalue weighted by atomic mass is 9.89.